The van der Waals surface area contributed by atoms with Crippen LogP contribution in [0, 0.1) is 0 Å². The summed E-state index contributed by atoms with van der Waals surface area (Å²) in [4.78, 5) is 12.8. The molecule has 0 bridgehead atoms. The second-order valence-electron chi connectivity index (χ2n) is 3.22. The van der Waals surface area contributed by atoms with Crippen LogP contribution in [0.2, 0.25) is 0 Å². The van der Waals surface area contributed by atoms with Crippen molar-refractivity contribution in [1.82, 2.24) is 9.78 Å². The summed E-state index contributed by atoms with van der Waals surface area (Å²) < 4.78 is 2.48. The molecule has 2 aromatic rings. The van der Waals surface area contributed by atoms with Gasteiger partial charge in [-0.25, -0.2) is 4.68 Å². The normalized spacial score (nSPS) is 10.4. The molecule has 2 heterocycles. The molecule has 0 aromatic carbocycles. The molecule has 16 heavy (non-hydrogen) atoms. The van der Waals surface area contributed by atoms with Crippen LogP contribution in [0.4, 0.5) is 5.69 Å². The first-order valence-corrected chi connectivity index (χ1v) is 6.34. The predicted molar refractivity (Wildman–Crippen MR) is 69.2 cm³/mol. The molecule has 0 radical (unpaired) electrons. The Hall–Kier alpha value is -1.14. The van der Waals surface area contributed by atoms with Gasteiger partial charge in [0.25, 0.3) is 5.56 Å². The third-order valence-corrected chi connectivity index (χ3v) is 3.77. The standard InChI is InChI=1S/C10H10BrN3OS/c1-12-8-3-10(15)14(13-4-8)5-9-2-7(11)6-16-9/h2-4,6,12H,5H2,1H3. The van der Waals surface area contributed by atoms with Crippen LogP contribution < -0.4 is 10.9 Å². The van der Waals surface area contributed by atoms with E-state index in [9.17, 15) is 4.79 Å². The number of hydrogen-bond acceptors (Lipinski definition) is 4. The summed E-state index contributed by atoms with van der Waals surface area (Å²) in [5.74, 6) is 0. The Labute approximate surface area is 105 Å². The van der Waals surface area contributed by atoms with E-state index in [1.807, 2.05) is 11.4 Å². The lowest BCUT2D eigenvalue weighted by Crippen LogP contribution is -2.22. The first kappa shape index (κ1) is 11.3. The van der Waals surface area contributed by atoms with E-state index in [0.29, 0.717) is 6.54 Å². The van der Waals surface area contributed by atoms with Gasteiger partial charge in [0, 0.05) is 27.8 Å². The number of thiophene rings is 1. The lowest BCUT2D eigenvalue weighted by Gasteiger charge is -2.03. The van der Waals surface area contributed by atoms with Crippen LogP contribution in [0.5, 0.6) is 0 Å². The molecule has 0 saturated heterocycles. The van der Waals surface area contributed by atoms with Gasteiger partial charge in [-0.2, -0.15) is 5.10 Å². The molecule has 0 saturated carbocycles. The lowest BCUT2D eigenvalue weighted by atomic mass is 10.4. The highest BCUT2D eigenvalue weighted by molar-refractivity contribution is 9.10. The highest BCUT2D eigenvalue weighted by atomic mass is 79.9. The van der Waals surface area contributed by atoms with Crippen LogP contribution >= 0.6 is 27.3 Å². The fourth-order valence-corrected chi connectivity index (χ4v) is 2.71. The van der Waals surface area contributed by atoms with Gasteiger partial charge in [-0.1, -0.05) is 0 Å². The lowest BCUT2D eigenvalue weighted by molar-refractivity contribution is 0.646. The Morgan fingerprint density at radius 2 is 2.38 bits per heavy atom. The fraction of sp³-hybridized carbons (Fsp3) is 0.200. The highest BCUT2D eigenvalue weighted by Crippen LogP contribution is 2.19. The van der Waals surface area contributed by atoms with Crippen molar-refractivity contribution in [3.05, 3.63) is 43.4 Å². The maximum atomic E-state index is 11.7. The molecular weight excluding hydrogens is 290 g/mol. The first-order valence-electron chi connectivity index (χ1n) is 4.67. The van der Waals surface area contributed by atoms with Gasteiger partial charge >= 0.3 is 0 Å². The van der Waals surface area contributed by atoms with Crippen molar-refractivity contribution in [3.63, 3.8) is 0 Å². The first-order chi connectivity index (χ1) is 7.69. The highest BCUT2D eigenvalue weighted by Gasteiger charge is 2.02. The van der Waals surface area contributed by atoms with Crippen LogP contribution in [0.3, 0.4) is 0 Å². The largest absolute Gasteiger partial charge is 0.387 e. The number of rotatable bonds is 3. The number of anilines is 1. The average Bonchev–Trinajstić information content (AvgIpc) is 2.67. The van der Waals surface area contributed by atoms with E-state index in [1.54, 1.807) is 24.6 Å². The SMILES string of the molecule is CNc1cnn(Cc2cc(Br)cs2)c(=O)c1. The minimum absolute atomic E-state index is 0.101. The van der Waals surface area contributed by atoms with Gasteiger partial charge in [0.05, 0.1) is 18.4 Å². The summed E-state index contributed by atoms with van der Waals surface area (Å²) in [6.45, 7) is 0.513. The van der Waals surface area contributed by atoms with Gasteiger partial charge in [-0.05, 0) is 22.0 Å². The van der Waals surface area contributed by atoms with E-state index < -0.39 is 0 Å². The molecule has 84 valence electrons. The van der Waals surface area contributed by atoms with E-state index in [1.165, 1.54) is 10.7 Å². The zero-order valence-corrected chi connectivity index (χ0v) is 11.0. The van der Waals surface area contributed by atoms with E-state index in [2.05, 4.69) is 26.3 Å². The quantitative estimate of drug-likeness (QED) is 0.945. The van der Waals surface area contributed by atoms with Crippen molar-refractivity contribution in [2.45, 2.75) is 6.54 Å². The number of nitrogens with zero attached hydrogens (tertiary/aromatic N) is 2. The second-order valence-corrected chi connectivity index (χ2v) is 5.13. The topological polar surface area (TPSA) is 46.9 Å². The summed E-state index contributed by atoms with van der Waals surface area (Å²) in [6.07, 6.45) is 1.64. The summed E-state index contributed by atoms with van der Waals surface area (Å²) >= 11 is 4.98. The van der Waals surface area contributed by atoms with Crippen molar-refractivity contribution in [2.24, 2.45) is 0 Å². The molecule has 1 N–H and O–H groups in total. The summed E-state index contributed by atoms with van der Waals surface area (Å²) in [7, 11) is 1.76. The van der Waals surface area contributed by atoms with Crippen LogP contribution in [0.15, 0.2) is 33.0 Å². The van der Waals surface area contributed by atoms with Crippen molar-refractivity contribution >= 4 is 33.0 Å². The van der Waals surface area contributed by atoms with Crippen molar-refractivity contribution in [3.8, 4) is 0 Å². The Morgan fingerprint density at radius 3 is 2.94 bits per heavy atom. The Morgan fingerprint density at radius 1 is 1.56 bits per heavy atom. The molecule has 0 atom stereocenters. The molecule has 6 heteroatoms. The van der Waals surface area contributed by atoms with Crippen molar-refractivity contribution < 1.29 is 0 Å². The molecule has 2 aromatic heterocycles. The maximum Gasteiger partial charge on any atom is 0.269 e. The summed E-state index contributed by atoms with van der Waals surface area (Å²) in [5, 5.41) is 8.96. The van der Waals surface area contributed by atoms with Gasteiger partial charge in [0.2, 0.25) is 0 Å². The van der Waals surface area contributed by atoms with E-state index >= 15 is 0 Å². The molecule has 0 aliphatic heterocycles. The van der Waals surface area contributed by atoms with Gasteiger partial charge < -0.3 is 5.32 Å². The molecule has 2 rings (SSSR count). The van der Waals surface area contributed by atoms with Crippen molar-refractivity contribution in [2.75, 3.05) is 12.4 Å². The third-order valence-electron chi connectivity index (χ3n) is 2.09. The number of nitrogens with one attached hydrogen (secondary N) is 1. The summed E-state index contributed by atoms with van der Waals surface area (Å²) in [6, 6.07) is 3.53. The van der Waals surface area contributed by atoms with Crippen LogP contribution in [-0.2, 0) is 6.54 Å². The molecular formula is C10H10BrN3OS. The zero-order chi connectivity index (χ0) is 11.5. The maximum absolute atomic E-state index is 11.7. The molecule has 4 nitrogen and oxygen atoms in total. The van der Waals surface area contributed by atoms with Gasteiger partial charge in [0.1, 0.15) is 0 Å². The summed E-state index contributed by atoms with van der Waals surface area (Å²) in [5.41, 5.74) is 0.630. The number of aromatic nitrogens is 2. The molecule has 0 spiro atoms. The van der Waals surface area contributed by atoms with E-state index in [4.69, 9.17) is 0 Å². The Kier molecular flexibility index (Phi) is 3.40. The van der Waals surface area contributed by atoms with E-state index in [0.717, 1.165) is 15.0 Å². The van der Waals surface area contributed by atoms with Crippen molar-refractivity contribution in [1.29, 1.82) is 0 Å². The fourth-order valence-electron chi connectivity index (χ4n) is 1.27. The van der Waals surface area contributed by atoms with Gasteiger partial charge in [0.15, 0.2) is 0 Å². The van der Waals surface area contributed by atoms with Gasteiger partial charge in [-0.3, -0.25) is 4.79 Å². The van der Waals surface area contributed by atoms with Gasteiger partial charge in [-0.15, -0.1) is 11.3 Å². The van der Waals surface area contributed by atoms with Crippen LogP contribution in [0.1, 0.15) is 4.88 Å². The molecule has 0 aliphatic carbocycles. The van der Waals surface area contributed by atoms with E-state index in [-0.39, 0.29) is 5.56 Å². The zero-order valence-electron chi connectivity index (χ0n) is 8.61. The monoisotopic (exact) mass is 299 g/mol. The Balaban J connectivity index is 2.25. The van der Waals surface area contributed by atoms with Crippen LogP contribution in [-0.4, -0.2) is 16.8 Å². The average molecular weight is 300 g/mol. The smallest absolute Gasteiger partial charge is 0.269 e. The molecule has 0 amide bonds. The minimum Gasteiger partial charge on any atom is -0.387 e. The molecule has 0 fully saturated rings. The second kappa shape index (κ2) is 4.80. The Bertz CT molecular complexity index is 549. The number of halogens is 1. The molecule has 0 aliphatic rings. The molecule has 0 unspecified atom stereocenters. The third kappa shape index (κ3) is 2.51. The van der Waals surface area contributed by atoms with Crippen LogP contribution in [0.25, 0.3) is 0 Å². The minimum atomic E-state index is -0.101. The number of hydrogen-bond donors (Lipinski definition) is 1. The predicted octanol–water partition coefficient (Wildman–Crippen LogP) is 2.16.